The molecular formula is C11H10ClN3O4. The quantitative estimate of drug-likeness (QED) is 0.647. The molecule has 2 rings (SSSR count). The van der Waals surface area contributed by atoms with Crippen molar-refractivity contribution in [2.45, 2.75) is 12.8 Å². The zero-order valence-electron chi connectivity index (χ0n) is 9.68. The zero-order valence-corrected chi connectivity index (χ0v) is 10.4. The number of benzene rings is 1. The Labute approximate surface area is 113 Å². The number of nitro benzene ring substituents is 1. The Morgan fingerprint density at radius 2 is 2.00 bits per heavy atom. The molecule has 0 aliphatic heterocycles. The second-order valence-electron chi connectivity index (χ2n) is 4.14. The van der Waals surface area contributed by atoms with Crippen molar-refractivity contribution in [2.24, 2.45) is 5.92 Å². The number of carbonyl (C=O) groups is 2. The molecule has 2 amide bonds. The van der Waals surface area contributed by atoms with Crippen LogP contribution >= 0.6 is 11.6 Å². The van der Waals surface area contributed by atoms with Gasteiger partial charge in [-0.05, 0) is 25.0 Å². The molecule has 0 saturated heterocycles. The number of nitrogens with one attached hydrogen (secondary N) is 2. The van der Waals surface area contributed by atoms with Crippen molar-refractivity contribution in [3.63, 3.8) is 0 Å². The maximum atomic E-state index is 11.8. The van der Waals surface area contributed by atoms with Crippen LogP contribution in [0.15, 0.2) is 18.2 Å². The summed E-state index contributed by atoms with van der Waals surface area (Å²) in [5, 5.41) is 11.0. The summed E-state index contributed by atoms with van der Waals surface area (Å²) in [6.07, 6.45) is 1.59. The Bertz CT molecular complexity index is 557. The number of halogens is 1. The molecule has 0 bridgehead atoms. The summed E-state index contributed by atoms with van der Waals surface area (Å²) in [7, 11) is 0. The van der Waals surface area contributed by atoms with Gasteiger partial charge in [-0.25, -0.2) is 0 Å². The van der Waals surface area contributed by atoms with Crippen molar-refractivity contribution in [1.29, 1.82) is 0 Å². The van der Waals surface area contributed by atoms with Gasteiger partial charge in [0.05, 0.1) is 4.92 Å². The van der Waals surface area contributed by atoms with E-state index in [1.807, 2.05) is 0 Å². The fourth-order valence-corrected chi connectivity index (χ4v) is 1.65. The van der Waals surface area contributed by atoms with Crippen LogP contribution in [0.5, 0.6) is 0 Å². The Morgan fingerprint density at radius 1 is 1.32 bits per heavy atom. The highest BCUT2D eigenvalue weighted by Gasteiger charge is 2.30. The molecule has 1 fully saturated rings. The average Bonchev–Trinajstić information content (AvgIpc) is 3.19. The molecule has 8 heteroatoms. The lowest BCUT2D eigenvalue weighted by atomic mass is 10.2. The molecule has 0 atom stereocenters. The van der Waals surface area contributed by atoms with Gasteiger partial charge in [0.2, 0.25) is 5.91 Å². The van der Waals surface area contributed by atoms with E-state index in [-0.39, 0.29) is 22.4 Å². The zero-order chi connectivity index (χ0) is 14.0. The second kappa shape index (κ2) is 5.23. The lowest BCUT2D eigenvalue weighted by Gasteiger charge is -2.07. The van der Waals surface area contributed by atoms with E-state index < -0.39 is 16.5 Å². The predicted molar refractivity (Wildman–Crippen MR) is 66.4 cm³/mol. The third-order valence-electron chi connectivity index (χ3n) is 2.65. The van der Waals surface area contributed by atoms with Gasteiger partial charge < -0.3 is 0 Å². The minimum absolute atomic E-state index is 0.0690. The number of hydrogen-bond donors (Lipinski definition) is 2. The molecule has 0 radical (unpaired) electrons. The standard InChI is InChI=1S/C11H10ClN3O4/c12-7-3-4-8(9(5-7)15(18)19)11(17)14-13-10(16)6-1-2-6/h3-6H,1-2H2,(H,13,16)(H,14,17). The van der Waals surface area contributed by atoms with Gasteiger partial charge in [-0.1, -0.05) is 11.6 Å². The minimum Gasteiger partial charge on any atom is -0.273 e. The molecule has 100 valence electrons. The fourth-order valence-electron chi connectivity index (χ4n) is 1.48. The van der Waals surface area contributed by atoms with Crippen LogP contribution in [0.4, 0.5) is 5.69 Å². The summed E-state index contributed by atoms with van der Waals surface area (Å²) in [4.78, 5) is 33.2. The summed E-state index contributed by atoms with van der Waals surface area (Å²) in [5.41, 5.74) is 3.81. The maximum Gasteiger partial charge on any atom is 0.283 e. The molecular weight excluding hydrogens is 274 g/mol. The Morgan fingerprint density at radius 3 is 2.58 bits per heavy atom. The van der Waals surface area contributed by atoms with Crippen LogP contribution in [0, 0.1) is 16.0 Å². The van der Waals surface area contributed by atoms with E-state index in [0.29, 0.717) is 0 Å². The van der Waals surface area contributed by atoms with E-state index in [2.05, 4.69) is 10.9 Å². The molecule has 0 unspecified atom stereocenters. The number of hydrogen-bond acceptors (Lipinski definition) is 4. The maximum absolute atomic E-state index is 11.8. The molecule has 1 aliphatic carbocycles. The number of nitro groups is 1. The van der Waals surface area contributed by atoms with Crippen LogP contribution in [0.2, 0.25) is 5.02 Å². The molecule has 1 saturated carbocycles. The Kier molecular flexibility index (Phi) is 3.66. The summed E-state index contributed by atoms with van der Waals surface area (Å²) in [5.74, 6) is -1.11. The van der Waals surface area contributed by atoms with E-state index in [4.69, 9.17) is 11.6 Å². The molecule has 2 N–H and O–H groups in total. The van der Waals surface area contributed by atoms with Crippen LogP contribution in [-0.2, 0) is 4.79 Å². The first-order valence-corrected chi connectivity index (χ1v) is 5.91. The van der Waals surface area contributed by atoms with Crippen molar-refractivity contribution >= 4 is 29.1 Å². The van der Waals surface area contributed by atoms with Crippen molar-refractivity contribution in [3.05, 3.63) is 38.9 Å². The number of carbonyl (C=O) groups excluding carboxylic acids is 2. The Hall–Kier alpha value is -2.15. The van der Waals surface area contributed by atoms with Crippen LogP contribution in [0.25, 0.3) is 0 Å². The topological polar surface area (TPSA) is 101 Å². The highest BCUT2D eigenvalue weighted by atomic mass is 35.5. The monoisotopic (exact) mass is 283 g/mol. The van der Waals surface area contributed by atoms with Gasteiger partial charge in [-0.3, -0.25) is 30.6 Å². The van der Waals surface area contributed by atoms with Crippen LogP contribution in [0.1, 0.15) is 23.2 Å². The lowest BCUT2D eigenvalue weighted by molar-refractivity contribution is -0.385. The van der Waals surface area contributed by atoms with Gasteiger partial charge >= 0.3 is 0 Å². The van der Waals surface area contributed by atoms with E-state index in [0.717, 1.165) is 18.9 Å². The highest BCUT2D eigenvalue weighted by molar-refractivity contribution is 6.31. The smallest absolute Gasteiger partial charge is 0.273 e. The highest BCUT2D eigenvalue weighted by Crippen LogP contribution is 2.28. The molecule has 7 nitrogen and oxygen atoms in total. The van der Waals surface area contributed by atoms with Crippen molar-refractivity contribution in [3.8, 4) is 0 Å². The van der Waals surface area contributed by atoms with Gasteiger partial charge in [-0.15, -0.1) is 0 Å². The summed E-state index contributed by atoms with van der Waals surface area (Å²) in [6.45, 7) is 0. The first-order valence-electron chi connectivity index (χ1n) is 5.53. The van der Waals surface area contributed by atoms with E-state index in [1.54, 1.807) is 0 Å². The SMILES string of the molecule is O=C(NNC(=O)C1CC1)c1ccc(Cl)cc1[N+](=O)[O-]. The number of rotatable bonds is 3. The van der Waals surface area contributed by atoms with Gasteiger partial charge in [0, 0.05) is 17.0 Å². The molecule has 1 aromatic rings. The van der Waals surface area contributed by atoms with E-state index in [9.17, 15) is 19.7 Å². The molecule has 0 heterocycles. The third-order valence-corrected chi connectivity index (χ3v) is 2.88. The summed E-state index contributed by atoms with van der Waals surface area (Å²) < 4.78 is 0. The summed E-state index contributed by atoms with van der Waals surface area (Å²) >= 11 is 5.64. The van der Waals surface area contributed by atoms with Crippen molar-refractivity contribution < 1.29 is 14.5 Å². The average molecular weight is 284 g/mol. The molecule has 1 aromatic carbocycles. The van der Waals surface area contributed by atoms with Gasteiger partial charge in [0.15, 0.2) is 0 Å². The van der Waals surface area contributed by atoms with E-state index in [1.165, 1.54) is 12.1 Å². The van der Waals surface area contributed by atoms with Gasteiger partial charge in [-0.2, -0.15) is 0 Å². The number of amides is 2. The minimum atomic E-state index is -0.752. The molecule has 0 spiro atoms. The van der Waals surface area contributed by atoms with Gasteiger partial charge in [0.25, 0.3) is 11.6 Å². The molecule has 0 aromatic heterocycles. The van der Waals surface area contributed by atoms with Crippen LogP contribution in [0.3, 0.4) is 0 Å². The molecule has 1 aliphatic rings. The van der Waals surface area contributed by atoms with E-state index >= 15 is 0 Å². The van der Waals surface area contributed by atoms with Crippen LogP contribution in [-0.4, -0.2) is 16.7 Å². The van der Waals surface area contributed by atoms with Crippen molar-refractivity contribution in [2.75, 3.05) is 0 Å². The first-order chi connectivity index (χ1) is 8.99. The predicted octanol–water partition coefficient (Wildman–Crippen LogP) is 1.42. The number of hydrazine groups is 1. The second-order valence-corrected chi connectivity index (χ2v) is 4.57. The molecule has 19 heavy (non-hydrogen) atoms. The van der Waals surface area contributed by atoms with Crippen LogP contribution < -0.4 is 10.9 Å². The normalized spacial score (nSPS) is 13.7. The Balaban J connectivity index is 2.09. The van der Waals surface area contributed by atoms with Crippen molar-refractivity contribution in [1.82, 2.24) is 10.9 Å². The fraction of sp³-hybridized carbons (Fsp3) is 0.273. The lowest BCUT2D eigenvalue weighted by Crippen LogP contribution is -2.42. The largest absolute Gasteiger partial charge is 0.283 e. The summed E-state index contributed by atoms with van der Waals surface area (Å²) in [6, 6.07) is 3.68. The van der Waals surface area contributed by atoms with Gasteiger partial charge in [0.1, 0.15) is 5.56 Å². The first kappa shape index (κ1) is 13.3. The number of nitrogens with zero attached hydrogens (tertiary/aromatic N) is 1. The third kappa shape index (κ3) is 3.19.